The number of hydrogen-bond donors (Lipinski definition) is 1. The second kappa shape index (κ2) is 7.59. The molecule has 1 N–H and O–H groups in total. The van der Waals surface area contributed by atoms with Gasteiger partial charge in [-0.2, -0.15) is 0 Å². The fourth-order valence-electron chi connectivity index (χ4n) is 2.32. The van der Waals surface area contributed by atoms with E-state index in [0.717, 1.165) is 17.0 Å². The molecule has 6 heteroatoms. The molecule has 24 heavy (non-hydrogen) atoms. The van der Waals surface area contributed by atoms with Crippen molar-refractivity contribution in [1.82, 2.24) is 4.98 Å². The average Bonchev–Trinajstić information content (AvgIpc) is 3.23. The van der Waals surface area contributed by atoms with Crippen molar-refractivity contribution >= 4 is 34.3 Å². The van der Waals surface area contributed by atoms with Gasteiger partial charge in [0.2, 0.25) is 0 Å². The summed E-state index contributed by atoms with van der Waals surface area (Å²) < 4.78 is 5.80. The van der Waals surface area contributed by atoms with E-state index in [0.29, 0.717) is 18.0 Å². The second-order valence-electron chi connectivity index (χ2n) is 5.29. The summed E-state index contributed by atoms with van der Waals surface area (Å²) in [6, 6.07) is 9.39. The van der Waals surface area contributed by atoms with E-state index in [-0.39, 0.29) is 5.91 Å². The molecule has 4 nitrogen and oxygen atoms in total. The summed E-state index contributed by atoms with van der Waals surface area (Å²) >= 11 is 3.08. The van der Waals surface area contributed by atoms with Crippen molar-refractivity contribution in [2.24, 2.45) is 0 Å². The molecule has 0 aliphatic carbocycles. The van der Waals surface area contributed by atoms with Crippen LogP contribution in [-0.2, 0) is 13.0 Å². The van der Waals surface area contributed by atoms with Gasteiger partial charge >= 0.3 is 0 Å². The lowest BCUT2D eigenvalue weighted by atomic mass is 10.2. The number of aromatic nitrogens is 1. The monoisotopic (exact) mass is 358 g/mol. The predicted molar refractivity (Wildman–Crippen MR) is 99.3 cm³/mol. The number of carbonyl (C=O) groups is 1. The van der Waals surface area contributed by atoms with Gasteiger partial charge in [0.25, 0.3) is 5.91 Å². The number of nitrogens with one attached hydrogen (secondary N) is 1. The highest BCUT2D eigenvalue weighted by atomic mass is 32.1. The van der Waals surface area contributed by atoms with Gasteiger partial charge in [-0.15, -0.1) is 22.7 Å². The lowest BCUT2D eigenvalue weighted by Gasteiger charge is -2.11. The normalized spacial score (nSPS) is 10.6. The molecule has 0 unspecified atom stereocenters. The third-order valence-corrected chi connectivity index (χ3v) is 5.58. The summed E-state index contributed by atoms with van der Waals surface area (Å²) in [5.74, 6) is 0.537. The standard InChI is InChI=1S/C18H18N2O2S2/c1-3-16-12(2)8-17(24-16)18(21)20-14-6-4-5-7-15(14)22-9-13-10-23-11-19-13/h4-8,10-11H,3,9H2,1-2H3,(H,20,21). The maximum atomic E-state index is 12.5. The Kier molecular flexibility index (Phi) is 5.27. The lowest BCUT2D eigenvalue weighted by Crippen LogP contribution is -2.11. The van der Waals surface area contributed by atoms with Crippen LogP contribution in [0.15, 0.2) is 41.2 Å². The first-order valence-corrected chi connectivity index (χ1v) is 9.43. The summed E-state index contributed by atoms with van der Waals surface area (Å²) in [7, 11) is 0. The highest BCUT2D eigenvalue weighted by Crippen LogP contribution is 2.27. The fourth-order valence-corrected chi connectivity index (χ4v) is 3.88. The first kappa shape index (κ1) is 16.7. The number of hydrogen-bond acceptors (Lipinski definition) is 5. The minimum absolute atomic E-state index is 0.104. The van der Waals surface area contributed by atoms with Gasteiger partial charge in [-0.25, -0.2) is 4.98 Å². The molecular weight excluding hydrogens is 340 g/mol. The minimum Gasteiger partial charge on any atom is -0.485 e. The molecule has 2 aromatic heterocycles. The first-order chi connectivity index (χ1) is 11.7. The Bertz CT molecular complexity index is 825. The van der Waals surface area contributed by atoms with E-state index >= 15 is 0 Å². The number of nitrogens with zero attached hydrogens (tertiary/aromatic N) is 1. The van der Waals surface area contributed by atoms with E-state index in [4.69, 9.17) is 4.74 Å². The van der Waals surface area contributed by atoms with Crippen LogP contribution < -0.4 is 10.1 Å². The van der Waals surface area contributed by atoms with Crippen molar-refractivity contribution in [3.05, 3.63) is 62.2 Å². The first-order valence-electron chi connectivity index (χ1n) is 7.67. The van der Waals surface area contributed by atoms with E-state index in [1.165, 1.54) is 21.8 Å². The summed E-state index contributed by atoms with van der Waals surface area (Å²) in [6.45, 7) is 4.52. The number of carbonyl (C=O) groups excluding carboxylic acids is 1. The summed E-state index contributed by atoms with van der Waals surface area (Å²) in [6.07, 6.45) is 0.942. The number of amides is 1. The van der Waals surface area contributed by atoms with Crippen LogP contribution in [0, 0.1) is 6.92 Å². The van der Waals surface area contributed by atoms with E-state index in [1.807, 2.05) is 42.6 Å². The average molecular weight is 358 g/mol. The maximum Gasteiger partial charge on any atom is 0.265 e. The number of rotatable bonds is 6. The van der Waals surface area contributed by atoms with Crippen molar-refractivity contribution in [3.8, 4) is 5.75 Å². The molecule has 0 saturated heterocycles. The lowest BCUT2D eigenvalue weighted by molar-refractivity contribution is 0.103. The number of aryl methyl sites for hydroxylation is 2. The summed E-state index contributed by atoms with van der Waals surface area (Å²) in [5, 5.41) is 4.90. The number of benzene rings is 1. The van der Waals surface area contributed by atoms with Gasteiger partial charge in [0, 0.05) is 10.3 Å². The number of ether oxygens (including phenoxy) is 1. The highest BCUT2D eigenvalue weighted by Gasteiger charge is 2.14. The third-order valence-electron chi connectivity index (χ3n) is 3.56. The Morgan fingerprint density at radius 2 is 2.17 bits per heavy atom. The topological polar surface area (TPSA) is 51.2 Å². The minimum atomic E-state index is -0.104. The van der Waals surface area contributed by atoms with Gasteiger partial charge in [-0.3, -0.25) is 4.79 Å². The van der Waals surface area contributed by atoms with Crippen LogP contribution in [0.25, 0.3) is 0 Å². The molecule has 0 aliphatic heterocycles. The second-order valence-corrected chi connectivity index (χ2v) is 7.14. The Hall–Kier alpha value is -2.18. The molecule has 3 rings (SSSR count). The molecule has 2 heterocycles. The molecule has 0 spiro atoms. The van der Waals surface area contributed by atoms with E-state index in [1.54, 1.807) is 16.8 Å². The Labute approximate surface area is 149 Å². The van der Waals surface area contributed by atoms with Crippen LogP contribution in [-0.4, -0.2) is 10.9 Å². The predicted octanol–water partition coefficient (Wildman–Crippen LogP) is 4.91. The molecule has 0 atom stereocenters. The summed E-state index contributed by atoms with van der Waals surface area (Å²) in [4.78, 5) is 18.7. The molecule has 0 fully saturated rings. The Morgan fingerprint density at radius 3 is 2.88 bits per heavy atom. The smallest absolute Gasteiger partial charge is 0.265 e. The molecule has 3 aromatic rings. The van der Waals surface area contributed by atoms with Gasteiger partial charge in [-0.05, 0) is 37.1 Å². The molecule has 1 aromatic carbocycles. The van der Waals surface area contributed by atoms with Gasteiger partial charge in [-0.1, -0.05) is 19.1 Å². The zero-order valence-electron chi connectivity index (χ0n) is 13.5. The quantitative estimate of drug-likeness (QED) is 0.681. The van der Waals surface area contributed by atoms with Gasteiger partial charge in [0.1, 0.15) is 12.4 Å². The van der Waals surface area contributed by atoms with Crippen molar-refractivity contribution in [2.75, 3.05) is 5.32 Å². The number of thiazole rings is 1. The van der Waals surface area contributed by atoms with E-state index < -0.39 is 0 Å². The number of anilines is 1. The Balaban J connectivity index is 1.73. The molecule has 0 saturated carbocycles. The van der Waals surface area contributed by atoms with Crippen LogP contribution >= 0.6 is 22.7 Å². The molecule has 0 radical (unpaired) electrons. The van der Waals surface area contributed by atoms with Gasteiger partial charge in [0.15, 0.2) is 0 Å². The van der Waals surface area contributed by atoms with Gasteiger partial charge in [0.05, 0.1) is 21.8 Å². The Morgan fingerprint density at radius 1 is 1.33 bits per heavy atom. The molecule has 124 valence electrons. The van der Waals surface area contributed by atoms with E-state index in [9.17, 15) is 4.79 Å². The van der Waals surface area contributed by atoms with Crippen LogP contribution in [0.2, 0.25) is 0 Å². The zero-order valence-corrected chi connectivity index (χ0v) is 15.2. The van der Waals surface area contributed by atoms with Crippen LogP contribution in [0.3, 0.4) is 0 Å². The number of para-hydroxylation sites is 2. The molecule has 0 bridgehead atoms. The van der Waals surface area contributed by atoms with Crippen molar-refractivity contribution < 1.29 is 9.53 Å². The SMILES string of the molecule is CCc1sc(C(=O)Nc2ccccc2OCc2cscn2)cc1C. The van der Waals surface area contributed by atoms with Crippen molar-refractivity contribution in [3.63, 3.8) is 0 Å². The number of thiophene rings is 1. The molecule has 1 amide bonds. The van der Waals surface area contributed by atoms with Crippen molar-refractivity contribution in [2.45, 2.75) is 26.9 Å². The van der Waals surface area contributed by atoms with Gasteiger partial charge < -0.3 is 10.1 Å². The fraction of sp³-hybridized carbons (Fsp3) is 0.222. The molecule has 0 aliphatic rings. The third kappa shape index (κ3) is 3.83. The van der Waals surface area contributed by atoms with Crippen LogP contribution in [0.5, 0.6) is 5.75 Å². The van der Waals surface area contributed by atoms with Crippen molar-refractivity contribution in [1.29, 1.82) is 0 Å². The molecular formula is C18H18N2O2S2. The van der Waals surface area contributed by atoms with Crippen LogP contribution in [0.1, 0.15) is 32.7 Å². The van der Waals surface area contributed by atoms with E-state index in [2.05, 4.69) is 17.2 Å². The zero-order chi connectivity index (χ0) is 16.9. The summed E-state index contributed by atoms with van der Waals surface area (Å²) in [5.41, 5.74) is 4.49. The largest absolute Gasteiger partial charge is 0.485 e. The maximum absolute atomic E-state index is 12.5. The van der Waals surface area contributed by atoms with Crippen LogP contribution in [0.4, 0.5) is 5.69 Å². The highest BCUT2D eigenvalue weighted by molar-refractivity contribution is 7.14.